The van der Waals surface area contributed by atoms with Crippen molar-refractivity contribution in [1.82, 2.24) is 5.32 Å². The van der Waals surface area contributed by atoms with Gasteiger partial charge in [0.25, 0.3) is 0 Å². The summed E-state index contributed by atoms with van der Waals surface area (Å²) < 4.78 is 18.6. The molecule has 0 bridgehead atoms. The third kappa shape index (κ3) is 4.62. The van der Waals surface area contributed by atoms with Gasteiger partial charge in [0.2, 0.25) is 0 Å². The number of nitrogens with one attached hydrogen (secondary N) is 1. The average Bonchev–Trinajstić information content (AvgIpc) is 2.22. The molecule has 0 unspecified atom stereocenters. The number of benzene rings is 1. The molecule has 0 aliphatic carbocycles. The van der Waals surface area contributed by atoms with Gasteiger partial charge in [-0.15, -0.1) is 0 Å². The minimum absolute atomic E-state index is 0.210. The molecule has 1 aromatic carbocycles. The fraction of sp³-hybridized carbons (Fsp3) is 0.538. The van der Waals surface area contributed by atoms with E-state index < -0.39 is 0 Å². The summed E-state index contributed by atoms with van der Waals surface area (Å²) in [4.78, 5) is 0. The van der Waals surface area contributed by atoms with Crippen LogP contribution in [-0.2, 0) is 0 Å². The molecule has 1 N–H and O–H groups in total. The van der Waals surface area contributed by atoms with Gasteiger partial charge in [-0.1, -0.05) is 19.9 Å². The zero-order chi connectivity index (χ0) is 12.0. The van der Waals surface area contributed by atoms with Crippen LogP contribution in [0.25, 0.3) is 0 Å². The van der Waals surface area contributed by atoms with Crippen LogP contribution >= 0.6 is 0 Å². The summed E-state index contributed by atoms with van der Waals surface area (Å²) in [5, 5.41) is 3.30. The number of aryl methyl sites for hydroxylation is 1. The van der Waals surface area contributed by atoms with E-state index in [1.807, 2.05) is 0 Å². The Kier molecular flexibility index (Phi) is 5.26. The highest BCUT2D eigenvalue weighted by Gasteiger charge is 2.00. The molecule has 0 spiro atoms. The molecule has 0 saturated heterocycles. The largest absolute Gasteiger partial charge is 0.493 e. The third-order valence-electron chi connectivity index (χ3n) is 2.29. The number of rotatable bonds is 6. The molecule has 0 atom stereocenters. The Hall–Kier alpha value is -1.09. The first kappa shape index (κ1) is 13.0. The van der Waals surface area contributed by atoms with Gasteiger partial charge >= 0.3 is 0 Å². The van der Waals surface area contributed by atoms with Crippen LogP contribution in [0.1, 0.15) is 25.8 Å². The van der Waals surface area contributed by atoms with E-state index in [1.54, 1.807) is 19.1 Å². The second-order valence-corrected chi connectivity index (χ2v) is 4.22. The predicted octanol–water partition coefficient (Wildman–Crippen LogP) is 2.90. The molecule has 1 rings (SSSR count). The average molecular weight is 225 g/mol. The van der Waals surface area contributed by atoms with Crippen molar-refractivity contribution in [3.8, 4) is 5.75 Å². The first-order chi connectivity index (χ1) is 7.59. The number of hydrogen-bond donors (Lipinski definition) is 1. The Bertz CT molecular complexity index is 326. The zero-order valence-electron chi connectivity index (χ0n) is 10.2. The molecule has 0 aliphatic heterocycles. The van der Waals surface area contributed by atoms with Gasteiger partial charge in [0.05, 0.1) is 6.61 Å². The zero-order valence-corrected chi connectivity index (χ0v) is 10.2. The standard InChI is InChI=1S/C13H20FNO/c1-10(2)15-7-4-8-16-12-6-5-11(3)13(14)9-12/h5-6,9-10,15H,4,7-8H2,1-3H3. The van der Waals surface area contributed by atoms with Gasteiger partial charge in [0, 0.05) is 12.1 Å². The van der Waals surface area contributed by atoms with Crippen LogP contribution in [0.15, 0.2) is 18.2 Å². The summed E-state index contributed by atoms with van der Waals surface area (Å²) in [7, 11) is 0. The van der Waals surface area contributed by atoms with Crippen molar-refractivity contribution >= 4 is 0 Å². The Morgan fingerprint density at radius 2 is 2.12 bits per heavy atom. The van der Waals surface area contributed by atoms with E-state index in [9.17, 15) is 4.39 Å². The van der Waals surface area contributed by atoms with Crippen LogP contribution < -0.4 is 10.1 Å². The SMILES string of the molecule is Cc1ccc(OCCCNC(C)C)cc1F. The molecule has 0 radical (unpaired) electrons. The highest BCUT2D eigenvalue weighted by Crippen LogP contribution is 2.15. The normalized spacial score (nSPS) is 10.8. The van der Waals surface area contributed by atoms with E-state index in [4.69, 9.17) is 4.74 Å². The van der Waals surface area contributed by atoms with E-state index in [0.717, 1.165) is 13.0 Å². The number of halogens is 1. The molecule has 0 aliphatic rings. The molecule has 2 nitrogen and oxygen atoms in total. The molecule has 0 aromatic heterocycles. The van der Waals surface area contributed by atoms with Crippen LogP contribution in [0.2, 0.25) is 0 Å². The third-order valence-corrected chi connectivity index (χ3v) is 2.29. The first-order valence-electron chi connectivity index (χ1n) is 5.72. The van der Waals surface area contributed by atoms with Crippen LogP contribution in [0.5, 0.6) is 5.75 Å². The molecule has 0 saturated carbocycles. The van der Waals surface area contributed by atoms with E-state index >= 15 is 0 Å². The maximum absolute atomic E-state index is 13.2. The number of ether oxygens (including phenoxy) is 1. The van der Waals surface area contributed by atoms with Gasteiger partial charge in [-0.25, -0.2) is 4.39 Å². The topological polar surface area (TPSA) is 21.3 Å². The van der Waals surface area contributed by atoms with Crippen LogP contribution in [0, 0.1) is 12.7 Å². The van der Waals surface area contributed by atoms with Crippen molar-refractivity contribution in [2.24, 2.45) is 0 Å². The summed E-state index contributed by atoms with van der Waals surface area (Å²) in [6.07, 6.45) is 0.924. The maximum atomic E-state index is 13.2. The molecule has 0 amide bonds. The van der Waals surface area contributed by atoms with Gasteiger partial charge in [0.1, 0.15) is 11.6 Å². The van der Waals surface area contributed by atoms with Gasteiger partial charge in [-0.2, -0.15) is 0 Å². The number of hydrogen-bond acceptors (Lipinski definition) is 2. The van der Waals surface area contributed by atoms with E-state index in [2.05, 4.69) is 19.2 Å². The van der Waals surface area contributed by atoms with Crippen molar-refractivity contribution in [2.75, 3.05) is 13.2 Å². The van der Waals surface area contributed by atoms with E-state index in [0.29, 0.717) is 24.0 Å². The minimum Gasteiger partial charge on any atom is -0.493 e. The van der Waals surface area contributed by atoms with Crippen molar-refractivity contribution in [3.05, 3.63) is 29.6 Å². The smallest absolute Gasteiger partial charge is 0.129 e. The highest BCUT2D eigenvalue weighted by molar-refractivity contribution is 5.27. The summed E-state index contributed by atoms with van der Waals surface area (Å²) >= 11 is 0. The Balaban J connectivity index is 2.24. The lowest BCUT2D eigenvalue weighted by molar-refractivity contribution is 0.304. The van der Waals surface area contributed by atoms with Crippen LogP contribution in [0.3, 0.4) is 0 Å². The van der Waals surface area contributed by atoms with Gasteiger partial charge in [-0.3, -0.25) is 0 Å². The summed E-state index contributed by atoms with van der Waals surface area (Å²) in [6.45, 7) is 7.49. The second kappa shape index (κ2) is 6.48. The van der Waals surface area contributed by atoms with Crippen molar-refractivity contribution in [2.45, 2.75) is 33.2 Å². The highest BCUT2D eigenvalue weighted by atomic mass is 19.1. The molecule has 3 heteroatoms. The summed E-state index contributed by atoms with van der Waals surface area (Å²) in [5.41, 5.74) is 0.647. The first-order valence-corrected chi connectivity index (χ1v) is 5.72. The second-order valence-electron chi connectivity index (χ2n) is 4.22. The van der Waals surface area contributed by atoms with Gasteiger partial charge < -0.3 is 10.1 Å². The van der Waals surface area contributed by atoms with Gasteiger partial charge in [-0.05, 0) is 31.5 Å². The fourth-order valence-electron chi connectivity index (χ4n) is 1.32. The predicted molar refractivity (Wildman–Crippen MR) is 64.4 cm³/mol. The lowest BCUT2D eigenvalue weighted by atomic mass is 10.2. The monoisotopic (exact) mass is 225 g/mol. The Labute approximate surface area is 96.8 Å². The Morgan fingerprint density at radius 1 is 1.38 bits per heavy atom. The Morgan fingerprint density at radius 3 is 2.75 bits per heavy atom. The van der Waals surface area contributed by atoms with Crippen molar-refractivity contribution < 1.29 is 9.13 Å². The van der Waals surface area contributed by atoms with E-state index in [-0.39, 0.29) is 5.82 Å². The molecule has 16 heavy (non-hydrogen) atoms. The maximum Gasteiger partial charge on any atom is 0.129 e. The van der Waals surface area contributed by atoms with Gasteiger partial charge in [0.15, 0.2) is 0 Å². The summed E-state index contributed by atoms with van der Waals surface area (Å²) in [5.74, 6) is 0.394. The molecule has 1 aromatic rings. The minimum atomic E-state index is -0.210. The molecule has 0 heterocycles. The van der Waals surface area contributed by atoms with Crippen molar-refractivity contribution in [1.29, 1.82) is 0 Å². The lowest BCUT2D eigenvalue weighted by Crippen LogP contribution is -2.24. The van der Waals surface area contributed by atoms with Crippen LogP contribution in [-0.4, -0.2) is 19.2 Å². The van der Waals surface area contributed by atoms with Crippen molar-refractivity contribution in [3.63, 3.8) is 0 Å². The lowest BCUT2D eigenvalue weighted by Gasteiger charge is -2.09. The molecular formula is C13H20FNO. The molecule has 90 valence electrons. The summed E-state index contributed by atoms with van der Waals surface area (Å²) in [6, 6.07) is 5.47. The molecular weight excluding hydrogens is 205 g/mol. The van der Waals surface area contributed by atoms with Crippen LogP contribution in [0.4, 0.5) is 4.39 Å². The quantitative estimate of drug-likeness (QED) is 0.752. The van der Waals surface area contributed by atoms with E-state index in [1.165, 1.54) is 6.07 Å². The molecule has 0 fully saturated rings. The fourth-order valence-corrected chi connectivity index (χ4v) is 1.32.